The lowest BCUT2D eigenvalue weighted by Gasteiger charge is -2.22. The van der Waals surface area contributed by atoms with Crippen LogP contribution in [0, 0.1) is 19.8 Å². The van der Waals surface area contributed by atoms with Crippen LogP contribution in [0.4, 0.5) is 0 Å². The zero-order valence-electron chi connectivity index (χ0n) is 16.0. The van der Waals surface area contributed by atoms with Crippen LogP contribution in [0.3, 0.4) is 0 Å². The first-order valence-electron chi connectivity index (χ1n) is 8.82. The van der Waals surface area contributed by atoms with Gasteiger partial charge >= 0.3 is 0 Å². The third kappa shape index (κ3) is 5.67. The van der Waals surface area contributed by atoms with Gasteiger partial charge in [-0.1, -0.05) is 49.2 Å². The SMILES string of the molecule is Cc1ccc(C(=O)NNC(=O)[C@@H](NC(=O)c2cccc(C)c2)C(C)C)cc1. The number of rotatable bonds is 5. The Hall–Kier alpha value is -3.15. The van der Waals surface area contributed by atoms with Crippen molar-refractivity contribution in [2.24, 2.45) is 5.92 Å². The van der Waals surface area contributed by atoms with Gasteiger partial charge in [0.2, 0.25) is 0 Å². The summed E-state index contributed by atoms with van der Waals surface area (Å²) in [5.41, 5.74) is 7.69. The Bertz CT molecular complexity index is 829. The fraction of sp³-hybridized carbons (Fsp3) is 0.286. The number of benzene rings is 2. The number of carbonyl (C=O) groups excluding carboxylic acids is 3. The van der Waals surface area contributed by atoms with Crippen molar-refractivity contribution >= 4 is 17.7 Å². The van der Waals surface area contributed by atoms with Crippen molar-refractivity contribution in [2.45, 2.75) is 33.7 Å². The number of carbonyl (C=O) groups is 3. The Morgan fingerprint density at radius 1 is 0.778 bits per heavy atom. The molecule has 2 aromatic carbocycles. The van der Waals surface area contributed by atoms with E-state index < -0.39 is 17.9 Å². The summed E-state index contributed by atoms with van der Waals surface area (Å²) in [7, 11) is 0. The van der Waals surface area contributed by atoms with Crippen LogP contribution in [0.15, 0.2) is 48.5 Å². The highest BCUT2D eigenvalue weighted by atomic mass is 16.2. The minimum absolute atomic E-state index is 0.157. The van der Waals surface area contributed by atoms with E-state index in [0.29, 0.717) is 11.1 Å². The van der Waals surface area contributed by atoms with Gasteiger partial charge in [0.25, 0.3) is 17.7 Å². The number of hydrogen-bond donors (Lipinski definition) is 3. The lowest BCUT2D eigenvalue weighted by atomic mass is 10.0. The lowest BCUT2D eigenvalue weighted by molar-refractivity contribution is -0.124. The number of hydrogen-bond acceptors (Lipinski definition) is 3. The lowest BCUT2D eigenvalue weighted by Crippen LogP contribution is -2.54. The van der Waals surface area contributed by atoms with Gasteiger partial charge in [0, 0.05) is 11.1 Å². The molecule has 2 aromatic rings. The highest BCUT2D eigenvalue weighted by Crippen LogP contribution is 2.07. The van der Waals surface area contributed by atoms with E-state index >= 15 is 0 Å². The van der Waals surface area contributed by atoms with Gasteiger partial charge in [-0.25, -0.2) is 0 Å². The summed E-state index contributed by atoms with van der Waals surface area (Å²) in [5, 5.41) is 2.73. The van der Waals surface area contributed by atoms with Crippen LogP contribution in [0.1, 0.15) is 45.7 Å². The quantitative estimate of drug-likeness (QED) is 0.710. The van der Waals surface area contributed by atoms with Gasteiger partial charge in [0.05, 0.1) is 0 Å². The first-order valence-corrected chi connectivity index (χ1v) is 8.82. The molecule has 0 radical (unpaired) electrons. The minimum Gasteiger partial charge on any atom is -0.340 e. The Kier molecular flexibility index (Phi) is 6.71. The fourth-order valence-corrected chi connectivity index (χ4v) is 2.52. The average Bonchev–Trinajstić information content (AvgIpc) is 2.64. The minimum atomic E-state index is -0.781. The smallest absolute Gasteiger partial charge is 0.269 e. The molecular formula is C21H25N3O3. The maximum Gasteiger partial charge on any atom is 0.269 e. The Balaban J connectivity index is 1.99. The summed E-state index contributed by atoms with van der Waals surface area (Å²) < 4.78 is 0. The van der Waals surface area contributed by atoms with Gasteiger partial charge in [-0.15, -0.1) is 0 Å². The molecule has 0 unspecified atom stereocenters. The molecule has 142 valence electrons. The maximum atomic E-state index is 12.5. The van der Waals surface area contributed by atoms with Crippen molar-refractivity contribution < 1.29 is 14.4 Å². The number of aryl methyl sites for hydroxylation is 2. The summed E-state index contributed by atoms with van der Waals surface area (Å²) in [6.45, 7) is 7.46. The van der Waals surface area contributed by atoms with E-state index in [1.807, 2.05) is 45.9 Å². The van der Waals surface area contributed by atoms with Crippen LogP contribution >= 0.6 is 0 Å². The van der Waals surface area contributed by atoms with Crippen LogP contribution in [0.2, 0.25) is 0 Å². The predicted molar refractivity (Wildman–Crippen MR) is 104 cm³/mol. The Morgan fingerprint density at radius 3 is 2.04 bits per heavy atom. The van der Waals surface area contributed by atoms with Gasteiger partial charge in [-0.2, -0.15) is 0 Å². The molecular weight excluding hydrogens is 342 g/mol. The molecule has 0 aromatic heterocycles. The van der Waals surface area contributed by atoms with Gasteiger partial charge in [0.15, 0.2) is 0 Å². The van der Waals surface area contributed by atoms with E-state index in [1.54, 1.807) is 30.3 Å². The standard InChI is InChI=1S/C21H25N3O3/c1-13(2)18(22-19(25)17-7-5-6-15(4)12-17)21(27)24-23-20(26)16-10-8-14(3)9-11-16/h5-13,18H,1-4H3,(H,22,25)(H,23,26)(H,24,27)/t18-/m0/s1. The normalized spacial score (nSPS) is 11.6. The van der Waals surface area contributed by atoms with Crippen molar-refractivity contribution in [1.29, 1.82) is 0 Å². The van der Waals surface area contributed by atoms with E-state index in [-0.39, 0.29) is 11.8 Å². The Morgan fingerprint density at radius 2 is 1.44 bits per heavy atom. The van der Waals surface area contributed by atoms with Crippen LogP contribution in [-0.4, -0.2) is 23.8 Å². The molecule has 6 nitrogen and oxygen atoms in total. The second-order valence-electron chi connectivity index (χ2n) is 6.87. The third-order valence-corrected chi connectivity index (χ3v) is 4.13. The second kappa shape index (κ2) is 8.98. The zero-order chi connectivity index (χ0) is 20.0. The molecule has 0 saturated heterocycles. The van der Waals surface area contributed by atoms with Gasteiger partial charge in [-0.05, 0) is 44.0 Å². The van der Waals surface area contributed by atoms with Gasteiger partial charge in [0.1, 0.15) is 6.04 Å². The topological polar surface area (TPSA) is 87.3 Å². The summed E-state index contributed by atoms with van der Waals surface area (Å²) in [6, 6.07) is 13.3. The van der Waals surface area contributed by atoms with E-state index in [2.05, 4.69) is 16.2 Å². The van der Waals surface area contributed by atoms with Crippen molar-refractivity contribution in [1.82, 2.24) is 16.2 Å². The van der Waals surface area contributed by atoms with Crippen molar-refractivity contribution in [3.63, 3.8) is 0 Å². The Labute approximate surface area is 159 Å². The predicted octanol–water partition coefficient (Wildman–Crippen LogP) is 2.52. The molecule has 1 atom stereocenters. The van der Waals surface area contributed by atoms with Crippen LogP contribution in [-0.2, 0) is 4.79 Å². The molecule has 3 amide bonds. The largest absolute Gasteiger partial charge is 0.340 e. The summed E-state index contributed by atoms with van der Waals surface area (Å²) >= 11 is 0. The molecule has 0 aliphatic heterocycles. The van der Waals surface area contributed by atoms with E-state index in [1.165, 1.54) is 0 Å². The second-order valence-corrected chi connectivity index (χ2v) is 6.87. The molecule has 2 rings (SSSR count). The van der Waals surface area contributed by atoms with Crippen LogP contribution in [0.25, 0.3) is 0 Å². The first-order chi connectivity index (χ1) is 12.8. The first kappa shape index (κ1) is 20.2. The molecule has 0 spiro atoms. The van der Waals surface area contributed by atoms with Crippen molar-refractivity contribution in [3.05, 3.63) is 70.8 Å². The van der Waals surface area contributed by atoms with Gasteiger partial charge < -0.3 is 5.32 Å². The molecule has 6 heteroatoms. The highest BCUT2D eigenvalue weighted by Gasteiger charge is 2.25. The zero-order valence-corrected chi connectivity index (χ0v) is 16.0. The van der Waals surface area contributed by atoms with Crippen molar-refractivity contribution in [2.75, 3.05) is 0 Å². The molecule has 0 aliphatic rings. The molecule has 0 fully saturated rings. The van der Waals surface area contributed by atoms with Crippen LogP contribution < -0.4 is 16.2 Å². The molecule has 0 aliphatic carbocycles. The highest BCUT2D eigenvalue weighted by molar-refractivity contribution is 5.99. The summed E-state index contributed by atoms with van der Waals surface area (Å²) in [4.78, 5) is 37.0. The molecule has 0 bridgehead atoms. The summed E-state index contributed by atoms with van der Waals surface area (Å²) in [6.07, 6.45) is 0. The fourth-order valence-electron chi connectivity index (χ4n) is 2.52. The monoisotopic (exact) mass is 367 g/mol. The number of nitrogens with one attached hydrogen (secondary N) is 3. The third-order valence-electron chi connectivity index (χ3n) is 4.13. The van der Waals surface area contributed by atoms with Crippen LogP contribution in [0.5, 0.6) is 0 Å². The number of hydrazine groups is 1. The van der Waals surface area contributed by atoms with E-state index in [9.17, 15) is 14.4 Å². The summed E-state index contributed by atoms with van der Waals surface area (Å²) in [5.74, 6) is -1.39. The maximum absolute atomic E-state index is 12.5. The van der Waals surface area contributed by atoms with E-state index in [4.69, 9.17) is 0 Å². The van der Waals surface area contributed by atoms with Gasteiger partial charge in [-0.3, -0.25) is 25.2 Å². The molecule has 3 N–H and O–H groups in total. The van der Waals surface area contributed by atoms with E-state index in [0.717, 1.165) is 11.1 Å². The number of amides is 3. The molecule has 0 saturated carbocycles. The van der Waals surface area contributed by atoms with Crippen molar-refractivity contribution in [3.8, 4) is 0 Å². The molecule has 0 heterocycles. The average molecular weight is 367 g/mol. The molecule has 27 heavy (non-hydrogen) atoms.